The van der Waals surface area contributed by atoms with Crippen LogP contribution in [0.5, 0.6) is 0 Å². The molecule has 5 N–H and O–H groups in total. The van der Waals surface area contributed by atoms with E-state index in [4.69, 9.17) is 10.8 Å². The quantitative estimate of drug-likeness (QED) is 0.478. The van der Waals surface area contributed by atoms with Gasteiger partial charge in [0.25, 0.3) is 0 Å². The zero-order valence-electron chi connectivity index (χ0n) is 10.2. The van der Waals surface area contributed by atoms with E-state index in [0.717, 1.165) is 0 Å². The van der Waals surface area contributed by atoms with Crippen LogP contribution in [0.25, 0.3) is 0 Å². The molecule has 0 radical (unpaired) electrons. The molecule has 0 unspecified atom stereocenters. The van der Waals surface area contributed by atoms with Crippen LogP contribution in [0.2, 0.25) is 0 Å². The molecule has 0 spiro atoms. The van der Waals surface area contributed by atoms with Crippen LogP contribution in [-0.2, 0) is 14.4 Å². The number of aliphatic carboxylic acids is 1. The van der Waals surface area contributed by atoms with Crippen molar-refractivity contribution in [3.05, 3.63) is 0 Å². The van der Waals surface area contributed by atoms with Crippen molar-refractivity contribution in [2.75, 3.05) is 13.1 Å². The Morgan fingerprint density at radius 1 is 1.24 bits per heavy atom. The van der Waals surface area contributed by atoms with Crippen molar-refractivity contribution in [1.82, 2.24) is 10.6 Å². The second-order valence-corrected chi connectivity index (χ2v) is 4.69. The summed E-state index contributed by atoms with van der Waals surface area (Å²) < 4.78 is 0. The van der Waals surface area contributed by atoms with E-state index in [9.17, 15) is 14.4 Å². The first-order valence-corrected chi connectivity index (χ1v) is 5.17. The number of nitrogens with two attached hydrogens (primary N) is 1. The van der Waals surface area contributed by atoms with Crippen LogP contribution in [0.15, 0.2) is 0 Å². The summed E-state index contributed by atoms with van der Waals surface area (Å²) in [6.07, 6.45) is 0. The number of carboxylic acid groups (broad SMARTS) is 1. The fourth-order valence-corrected chi connectivity index (χ4v) is 1.11. The van der Waals surface area contributed by atoms with Crippen molar-refractivity contribution in [3.63, 3.8) is 0 Å². The van der Waals surface area contributed by atoms with Gasteiger partial charge < -0.3 is 21.5 Å². The van der Waals surface area contributed by atoms with E-state index in [1.54, 1.807) is 20.8 Å². The van der Waals surface area contributed by atoms with Gasteiger partial charge in [-0.25, -0.2) is 4.79 Å². The maximum Gasteiger partial charge on any atom is 0.326 e. The van der Waals surface area contributed by atoms with E-state index in [1.807, 2.05) is 0 Å². The van der Waals surface area contributed by atoms with E-state index in [0.29, 0.717) is 0 Å². The van der Waals surface area contributed by atoms with Gasteiger partial charge in [-0.15, -0.1) is 0 Å². The van der Waals surface area contributed by atoms with E-state index < -0.39 is 29.2 Å². The smallest absolute Gasteiger partial charge is 0.326 e. The molecule has 0 aliphatic carbocycles. The predicted octanol–water partition coefficient (Wildman–Crippen LogP) is -1.32. The molecule has 17 heavy (non-hydrogen) atoms. The first kappa shape index (κ1) is 15.4. The predicted molar refractivity (Wildman–Crippen MR) is 61.1 cm³/mol. The van der Waals surface area contributed by atoms with Crippen LogP contribution < -0.4 is 16.4 Å². The highest BCUT2D eigenvalue weighted by Crippen LogP contribution is 2.19. The number of hydrogen-bond acceptors (Lipinski definition) is 4. The lowest BCUT2D eigenvalue weighted by Crippen LogP contribution is -2.51. The SMILES string of the molecule is CC(C)(C)[C@H](NC(=O)CNC(=O)CN)C(=O)O. The fourth-order valence-electron chi connectivity index (χ4n) is 1.11. The summed E-state index contributed by atoms with van der Waals surface area (Å²) in [5, 5.41) is 13.6. The molecule has 2 amide bonds. The molecular weight excluding hydrogens is 226 g/mol. The molecule has 7 heteroatoms. The average molecular weight is 245 g/mol. The van der Waals surface area contributed by atoms with Gasteiger partial charge in [-0.1, -0.05) is 20.8 Å². The van der Waals surface area contributed by atoms with Crippen LogP contribution in [0.4, 0.5) is 0 Å². The van der Waals surface area contributed by atoms with Crippen LogP contribution in [-0.4, -0.2) is 42.0 Å². The van der Waals surface area contributed by atoms with Gasteiger partial charge in [-0.05, 0) is 5.41 Å². The molecule has 0 rings (SSSR count). The van der Waals surface area contributed by atoms with Crippen LogP contribution in [0, 0.1) is 5.41 Å². The van der Waals surface area contributed by atoms with Crippen molar-refractivity contribution in [3.8, 4) is 0 Å². The molecule has 7 nitrogen and oxygen atoms in total. The number of carbonyl (C=O) groups is 3. The third-order valence-corrected chi connectivity index (χ3v) is 2.05. The third-order valence-electron chi connectivity index (χ3n) is 2.05. The Balaban J connectivity index is 4.34. The number of rotatable bonds is 5. The summed E-state index contributed by atoms with van der Waals surface area (Å²) in [7, 11) is 0. The summed E-state index contributed by atoms with van der Waals surface area (Å²) in [5.41, 5.74) is 4.43. The van der Waals surface area contributed by atoms with Gasteiger partial charge in [0, 0.05) is 0 Å². The lowest BCUT2D eigenvalue weighted by atomic mass is 9.87. The number of carboxylic acids is 1. The Bertz CT molecular complexity index is 309. The standard InChI is InChI=1S/C10H19N3O4/c1-10(2,3)8(9(16)17)13-7(15)5-12-6(14)4-11/h8H,4-5,11H2,1-3H3,(H,12,14)(H,13,15)(H,16,17)/t8-/m1/s1. The van der Waals surface area contributed by atoms with E-state index >= 15 is 0 Å². The highest BCUT2D eigenvalue weighted by Gasteiger charge is 2.32. The van der Waals surface area contributed by atoms with Gasteiger partial charge >= 0.3 is 5.97 Å². The first-order valence-electron chi connectivity index (χ1n) is 5.17. The van der Waals surface area contributed by atoms with Crippen molar-refractivity contribution in [1.29, 1.82) is 0 Å². The van der Waals surface area contributed by atoms with Crippen molar-refractivity contribution in [2.45, 2.75) is 26.8 Å². The topological polar surface area (TPSA) is 122 Å². The number of nitrogens with one attached hydrogen (secondary N) is 2. The molecule has 0 aromatic heterocycles. The number of hydrogen-bond donors (Lipinski definition) is 4. The zero-order chi connectivity index (χ0) is 13.6. The molecule has 0 heterocycles. The van der Waals surface area contributed by atoms with Gasteiger partial charge in [0.1, 0.15) is 6.04 Å². The lowest BCUT2D eigenvalue weighted by molar-refractivity contribution is -0.144. The molecule has 0 bridgehead atoms. The van der Waals surface area contributed by atoms with E-state index in [-0.39, 0.29) is 13.1 Å². The lowest BCUT2D eigenvalue weighted by Gasteiger charge is -2.27. The largest absolute Gasteiger partial charge is 0.480 e. The Morgan fingerprint density at radius 3 is 2.12 bits per heavy atom. The average Bonchev–Trinajstić information content (AvgIpc) is 2.20. The molecule has 0 aliphatic rings. The fraction of sp³-hybridized carbons (Fsp3) is 0.700. The summed E-state index contributed by atoms with van der Waals surface area (Å²) >= 11 is 0. The maximum atomic E-state index is 11.4. The molecular formula is C10H19N3O4. The molecule has 0 aromatic rings. The zero-order valence-corrected chi connectivity index (χ0v) is 10.2. The second kappa shape index (κ2) is 6.19. The third kappa shape index (κ3) is 5.86. The van der Waals surface area contributed by atoms with Gasteiger partial charge in [-0.3, -0.25) is 9.59 Å². The normalized spacial score (nSPS) is 12.7. The minimum absolute atomic E-state index is 0.213. The number of carbonyl (C=O) groups excluding carboxylic acids is 2. The molecule has 1 atom stereocenters. The van der Waals surface area contributed by atoms with Crippen molar-refractivity contribution < 1.29 is 19.5 Å². The highest BCUT2D eigenvalue weighted by molar-refractivity contribution is 5.88. The summed E-state index contributed by atoms with van der Waals surface area (Å²) in [6, 6.07) is -1.01. The number of amides is 2. The Hall–Kier alpha value is -1.63. The van der Waals surface area contributed by atoms with Gasteiger partial charge in [0.2, 0.25) is 11.8 Å². The van der Waals surface area contributed by atoms with Gasteiger partial charge in [0.15, 0.2) is 0 Å². The molecule has 0 saturated carbocycles. The van der Waals surface area contributed by atoms with Gasteiger partial charge in [0.05, 0.1) is 13.1 Å². The molecule has 0 saturated heterocycles. The van der Waals surface area contributed by atoms with Crippen molar-refractivity contribution in [2.24, 2.45) is 11.1 Å². The Kier molecular flexibility index (Phi) is 5.60. The molecule has 0 aliphatic heterocycles. The van der Waals surface area contributed by atoms with Crippen LogP contribution >= 0.6 is 0 Å². The summed E-state index contributed by atoms with van der Waals surface area (Å²) in [6.45, 7) is 4.60. The van der Waals surface area contributed by atoms with Crippen LogP contribution in [0.3, 0.4) is 0 Å². The minimum atomic E-state index is -1.11. The highest BCUT2D eigenvalue weighted by atomic mass is 16.4. The molecule has 98 valence electrons. The van der Waals surface area contributed by atoms with Crippen molar-refractivity contribution >= 4 is 17.8 Å². The van der Waals surface area contributed by atoms with Gasteiger partial charge in [-0.2, -0.15) is 0 Å². The summed E-state index contributed by atoms with van der Waals surface area (Å²) in [4.78, 5) is 33.1. The van der Waals surface area contributed by atoms with E-state index in [1.165, 1.54) is 0 Å². The molecule has 0 aromatic carbocycles. The minimum Gasteiger partial charge on any atom is -0.480 e. The summed E-state index contributed by atoms with van der Waals surface area (Å²) in [5.74, 6) is -2.15. The Labute approximate surface area is 99.7 Å². The monoisotopic (exact) mass is 245 g/mol. The second-order valence-electron chi connectivity index (χ2n) is 4.69. The Morgan fingerprint density at radius 2 is 1.76 bits per heavy atom. The first-order chi connectivity index (χ1) is 7.68. The van der Waals surface area contributed by atoms with Crippen LogP contribution in [0.1, 0.15) is 20.8 Å². The maximum absolute atomic E-state index is 11.4. The molecule has 0 fully saturated rings. The van der Waals surface area contributed by atoms with E-state index in [2.05, 4.69) is 10.6 Å².